The van der Waals surface area contributed by atoms with E-state index in [-0.39, 0.29) is 46.7 Å². The molecule has 0 aliphatic carbocycles. The number of benzene rings is 2. The number of carboxylic acids is 1. The molecule has 2 unspecified atom stereocenters. The van der Waals surface area contributed by atoms with Gasteiger partial charge in [0, 0.05) is 5.92 Å². The molecule has 0 radical (unpaired) electrons. The molecule has 0 aliphatic heterocycles. The summed E-state index contributed by atoms with van der Waals surface area (Å²) < 4.78 is 12.1. The van der Waals surface area contributed by atoms with E-state index in [0.717, 1.165) is 20.5 Å². The van der Waals surface area contributed by atoms with Crippen LogP contribution in [-0.2, 0) is 19.1 Å². The van der Waals surface area contributed by atoms with Gasteiger partial charge in [0.05, 0.1) is 26.4 Å². The molecule has 0 saturated carbocycles. The normalized spacial score (nSPS) is 12.4. The number of ether oxygens (including phenoxy) is 2. The van der Waals surface area contributed by atoms with Crippen molar-refractivity contribution in [1.29, 1.82) is 0 Å². The number of hydrogen-bond donors (Lipinski definition) is 3. The minimum Gasteiger partial charge on any atom is -0.870 e. The minimum absolute atomic E-state index is 0. The largest absolute Gasteiger partial charge is 1.00 e. The fraction of sp³-hybridized carbons (Fsp3) is 0.419. The van der Waals surface area contributed by atoms with Crippen molar-refractivity contribution >= 4 is 77.3 Å². The Kier molecular flexibility index (Phi) is 14.8. The number of carbonyl (C=O) groups excluding carboxylic acids is 3. The van der Waals surface area contributed by atoms with Crippen LogP contribution in [0.3, 0.4) is 0 Å². The maximum atomic E-state index is 11.8. The number of Topliss-reactive ketones (excluding diaryl/α,β-unsaturated/α-hetero) is 1. The van der Waals surface area contributed by atoms with Crippen LogP contribution in [0.4, 0.5) is 19.9 Å². The molecular weight excluding hydrogens is 643 g/mol. The van der Waals surface area contributed by atoms with Crippen LogP contribution in [0.2, 0.25) is 0 Å². The summed E-state index contributed by atoms with van der Waals surface area (Å²) in [4.78, 5) is 54.6. The Bertz CT molecular complexity index is 1570. The van der Waals surface area contributed by atoms with Gasteiger partial charge >= 0.3 is 47.7 Å². The molecule has 4 rings (SSSR count). The zero-order valence-electron chi connectivity index (χ0n) is 27.7. The van der Waals surface area contributed by atoms with Gasteiger partial charge in [0.1, 0.15) is 17.0 Å². The SMILES string of the molecule is CC(=O)C(C)c1ccc2nc(NC(=O)OC(C)(C)C)sc2c1.CC(C(=O)O)c1ccc2nc(NC(=O)OC(C)(C)C)sc2c1.[Na+].[OH-]. The second-order valence-electron chi connectivity index (χ2n) is 12.1. The van der Waals surface area contributed by atoms with E-state index in [1.54, 1.807) is 73.6 Å². The minimum atomic E-state index is -0.879. The number of carbonyl (C=O) groups is 4. The molecule has 0 bridgehead atoms. The summed E-state index contributed by atoms with van der Waals surface area (Å²) in [5.74, 6) is -1.49. The van der Waals surface area contributed by atoms with Gasteiger partial charge in [-0.05, 0) is 90.8 Å². The van der Waals surface area contributed by atoms with Gasteiger partial charge in [-0.15, -0.1) is 0 Å². The van der Waals surface area contributed by atoms with Gasteiger partial charge in [0.2, 0.25) is 0 Å². The molecule has 4 aromatic rings. The predicted molar refractivity (Wildman–Crippen MR) is 176 cm³/mol. The summed E-state index contributed by atoms with van der Waals surface area (Å²) >= 11 is 2.64. The van der Waals surface area contributed by atoms with Crippen molar-refractivity contribution in [3.05, 3.63) is 47.5 Å². The Morgan fingerprint density at radius 1 is 0.739 bits per heavy atom. The summed E-state index contributed by atoms with van der Waals surface area (Å²) in [6.45, 7) is 15.9. The molecule has 12 nitrogen and oxygen atoms in total. The van der Waals surface area contributed by atoms with Crippen LogP contribution in [-0.4, -0.2) is 55.7 Å². The van der Waals surface area contributed by atoms with Gasteiger partial charge < -0.3 is 20.1 Å². The number of rotatable bonds is 6. The zero-order chi connectivity index (χ0) is 33.0. The van der Waals surface area contributed by atoms with Crippen LogP contribution in [0.5, 0.6) is 0 Å². The van der Waals surface area contributed by atoms with Gasteiger partial charge in [-0.3, -0.25) is 20.2 Å². The first-order chi connectivity index (χ1) is 20.3. The van der Waals surface area contributed by atoms with Gasteiger partial charge in [-0.1, -0.05) is 41.7 Å². The topological polar surface area (TPSA) is 187 Å². The number of nitrogens with zero attached hydrogens (tertiary/aromatic N) is 2. The molecule has 15 heteroatoms. The summed E-state index contributed by atoms with van der Waals surface area (Å²) in [5, 5.41) is 15.2. The van der Waals surface area contributed by atoms with Crippen LogP contribution < -0.4 is 40.2 Å². The van der Waals surface area contributed by atoms with E-state index in [1.807, 2.05) is 25.1 Å². The molecule has 2 atom stereocenters. The molecule has 0 spiro atoms. The number of amides is 2. The number of hydrogen-bond acceptors (Lipinski definition) is 11. The number of anilines is 2. The molecule has 46 heavy (non-hydrogen) atoms. The zero-order valence-corrected chi connectivity index (χ0v) is 31.3. The molecule has 4 N–H and O–H groups in total. The van der Waals surface area contributed by atoms with Crippen molar-refractivity contribution in [1.82, 2.24) is 9.97 Å². The third-order valence-electron chi connectivity index (χ3n) is 6.02. The van der Waals surface area contributed by atoms with Gasteiger partial charge in [0.15, 0.2) is 10.3 Å². The van der Waals surface area contributed by atoms with Crippen molar-refractivity contribution in [3.8, 4) is 0 Å². The van der Waals surface area contributed by atoms with E-state index in [9.17, 15) is 19.2 Å². The fourth-order valence-corrected chi connectivity index (χ4v) is 5.49. The molecule has 244 valence electrons. The van der Waals surface area contributed by atoms with Gasteiger partial charge in [-0.2, -0.15) is 0 Å². The maximum Gasteiger partial charge on any atom is 1.00 e. The first kappa shape index (κ1) is 40.9. The Labute approximate surface area is 297 Å². The van der Waals surface area contributed by atoms with Crippen LogP contribution in [0.15, 0.2) is 36.4 Å². The molecule has 0 saturated heterocycles. The fourth-order valence-electron chi connectivity index (χ4n) is 3.69. The third kappa shape index (κ3) is 12.2. The molecule has 2 aromatic heterocycles. The first-order valence-electron chi connectivity index (χ1n) is 13.9. The summed E-state index contributed by atoms with van der Waals surface area (Å²) in [6, 6.07) is 11.0. The van der Waals surface area contributed by atoms with Gasteiger partial charge in [0.25, 0.3) is 0 Å². The number of nitrogens with one attached hydrogen (secondary N) is 2. The first-order valence-corrected chi connectivity index (χ1v) is 15.5. The summed E-state index contributed by atoms with van der Waals surface area (Å²) in [5.41, 5.74) is 2.02. The second kappa shape index (κ2) is 16.6. The third-order valence-corrected chi connectivity index (χ3v) is 7.89. The number of carboxylic acid groups (broad SMARTS) is 1. The number of aliphatic carboxylic acids is 1. The van der Waals surface area contributed by atoms with E-state index in [0.29, 0.717) is 21.3 Å². The van der Waals surface area contributed by atoms with Gasteiger partial charge in [-0.25, -0.2) is 19.6 Å². The number of thiazole rings is 2. The molecule has 2 amide bonds. The predicted octanol–water partition coefficient (Wildman–Crippen LogP) is 4.99. The van der Waals surface area contributed by atoms with Crippen LogP contribution in [0.1, 0.15) is 85.3 Å². The van der Waals surface area contributed by atoms with Crippen molar-refractivity contribution < 1.29 is 68.8 Å². The van der Waals surface area contributed by atoms with Crippen molar-refractivity contribution in [2.45, 2.75) is 85.4 Å². The average Bonchev–Trinajstić information content (AvgIpc) is 3.46. The van der Waals surface area contributed by atoms with Crippen molar-refractivity contribution in [3.63, 3.8) is 0 Å². The van der Waals surface area contributed by atoms with E-state index in [4.69, 9.17) is 14.6 Å². The number of fused-ring (bicyclic) bond motifs is 2. The van der Waals surface area contributed by atoms with Crippen LogP contribution in [0.25, 0.3) is 20.4 Å². The van der Waals surface area contributed by atoms with Crippen molar-refractivity contribution in [2.75, 3.05) is 10.6 Å². The standard InChI is InChI=1S/C16H20N2O3S.C15H18N2O4S.Na.H2O/c1-9(10(2)19)11-6-7-12-13(8-11)22-14(17-12)18-15(20)21-16(3,4)5;1-8(12(18)19)9-5-6-10-11(7-9)22-13(16-10)17-14(20)21-15(2,3)4;;/h6-9H,1-5H3,(H,17,18,20);5-8H,1-4H3,(H,18,19)(H,16,17,20);;1H2/q;;+1;/p-1. The Morgan fingerprint density at radius 3 is 1.43 bits per heavy atom. The van der Waals surface area contributed by atoms with E-state index in [1.165, 1.54) is 22.7 Å². The molecule has 2 heterocycles. The van der Waals surface area contributed by atoms with Crippen molar-refractivity contribution in [2.24, 2.45) is 0 Å². The summed E-state index contributed by atoms with van der Waals surface area (Å²) in [6.07, 6.45) is -1.09. The Balaban J connectivity index is 0.000000441. The number of ketones is 1. The quantitative estimate of drug-likeness (QED) is 0.234. The van der Waals surface area contributed by atoms with E-state index >= 15 is 0 Å². The monoisotopic (exact) mass is 682 g/mol. The van der Waals surface area contributed by atoms with E-state index in [2.05, 4.69) is 20.6 Å². The Hall–Kier alpha value is -3.14. The van der Waals surface area contributed by atoms with Crippen LogP contribution in [0, 0.1) is 0 Å². The molecule has 0 aliphatic rings. The molecule has 0 fully saturated rings. The smallest absolute Gasteiger partial charge is 0.870 e. The van der Waals surface area contributed by atoms with E-state index < -0.39 is 35.3 Å². The average molecular weight is 683 g/mol. The molecular formula is C31H39N4NaO8S2. The number of aromatic nitrogens is 2. The summed E-state index contributed by atoms with van der Waals surface area (Å²) in [7, 11) is 0. The Morgan fingerprint density at radius 2 is 1.11 bits per heavy atom. The second-order valence-corrected chi connectivity index (χ2v) is 14.2. The maximum absolute atomic E-state index is 11.8. The molecule has 2 aromatic carbocycles. The van der Waals surface area contributed by atoms with Crippen LogP contribution >= 0.6 is 22.7 Å².